The van der Waals surface area contributed by atoms with Crippen LogP contribution in [0.4, 0.5) is 0 Å². The maximum atomic E-state index is 0. The van der Waals surface area contributed by atoms with Crippen molar-refractivity contribution >= 4 is 0 Å². The van der Waals surface area contributed by atoms with Gasteiger partial charge in [-0.15, -0.1) is 0 Å². The molecule has 2 radical (unpaired) electrons. The van der Waals surface area contributed by atoms with E-state index in [4.69, 9.17) is 0 Å². The maximum absolute atomic E-state index is 0. The predicted octanol–water partition coefficient (Wildman–Crippen LogP) is -1.08. The van der Waals surface area contributed by atoms with Gasteiger partial charge in [0.05, 0.1) is 0 Å². The van der Waals surface area contributed by atoms with Crippen LogP contribution in [0.15, 0.2) is 0 Å². The molecule has 0 atom stereocenters. The van der Waals surface area contributed by atoms with E-state index in [1.54, 1.807) is 0 Å². The van der Waals surface area contributed by atoms with Crippen molar-refractivity contribution in [2.75, 3.05) is 0 Å². The van der Waals surface area contributed by atoms with Crippen LogP contribution in [0.2, 0.25) is 0 Å². The summed E-state index contributed by atoms with van der Waals surface area (Å²) in [6, 6.07) is 0. The van der Waals surface area contributed by atoms with E-state index >= 15 is 0 Å². The van der Waals surface area contributed by atoms with E-state index in [1.165, 1.54) is 0 Å². The van der Waals surface area contributed by atoms with Crippen molar-refractivity contribution in [3.05, 3.63) is 0 Å². The first-order valence-electron chi connectivity index (χ1n) is 0. The zero-order chi connectivity index (χ0) is 0. The van der Waals surface area contributed by atoms with Crippen LogP contribution in [0.5, 0.6) is 0 Å². The van der Waals surface area contributed by atoms with E-state index < -0.39 is 0 Å². The number of rotatable bonds is 0. The minimum absolute atomic E-state index is 0. The Labute approximate surface area is 122 Å². The Morgan fingerprint density at radius 3 is 0.231 bits per heavy atom. The Bertz CT molecular complexity index is 15.6. The molecule has 0 amide bonds. The van der Waals surface area contributed by atoms with Crippen LogP contribution in [0.25, 0.3) is 0 Å². The minimum Gasteiger partial charge on any atom is -2.00 e. The third-order valence-electron chi connectivity index (χ3n) is 0. The summed E-state index contributed by atoms with van der Waals surface area (Å²) in [5.74, 6) is 0. The van der Waals surface area contributed by atoms with Crippen molar-refractivity contribution in [2.24, 2.45) is 0 Å². The summed E-state index contributed by atoms with van der Waals surface area (Å²) in [6.45, 7) is 0. The summed E-state index contributed by atoms with van der Waals surface area (Å²) in [7, 11) is 0. The average molecular weight is 634 g/mol. The quantitative estimate of drug-likeness (QED) is 0.288. The summed E-state index contributed by atoms with van der Waals surface area (Å²) < 4.78 is 0. The third-order valence-corrected chi connectivity index (χ3v) is 0. The normalized spacial score (nSPS) is 0. The van der Waals surface area contributed by atoms with Crippen LogP contribution < -0.4 is 0 Å². The fraction of sp³-hybridized carbons (Fsp3) is 0. The molecule has 9 nitrogen and oxygen atoms in total. The van der Waals surface area contributed by atoms with Crippen LogP contribution in [0.1, 0.15) is 0 Å². The van der Waals surface area contributed by atoms with Crippen molar-refractivity contribution in [1.29, 1.82) is 0 Å². The largest absolute Gasteiger partial charge is 2.00 e. The van der Waals surface area contributed by atoms with Gasteiger partial charge in [0.25, 0.3) is 0 Å². The van der Waals surface area contributed by atoms with Crippen LogP contribution in [0, 0.1) is 0 Å². The van der Waals surface area contributed by atoms with Crippen molar-refractivity contribution < 1.29 is 123 Å². The van der Waals surface area contributed by atoms with Gasteiger partial charge in [0, 0.05) is 40.8 Å². The topological polar surface area (TPSA) is 256 Å². The van der Waals surface area contributed by atoms with Gasteiger partial charge in [-0.25, -0.2) is 0 Å². The van der Waals surface area contributed by atoms with Crippen LogP contribution in [-0.4, -0.2) is 0 Å². The Morgan fingerprint density at radius 1 is 0.231 bits per heavy atom. The van der Waals surface area contributed by atoms with Gasteiger partial charge in [0.1, 0.15) is 0 Å². The molecule has 0 aliphatic heterocycles. The molecule has 0 aromatic carbocycles. The SMILES string of the molecule is [Ni+2].[Ni+2].[O-2].[O-2].[O-2].[O-2].[O-2].[O-2].[O-2].[O-2].[O-2].[Re].[Re]. The summed E-state index contributed by atoms with van der Waals surface area (Å²) in [6.07, 6.45) is 0. The van der Waals surface area contributed by atoms with Crippen LogP contribution in [-0.2, 0) is 123 Å². The average Bonchev–Trinajstić information content (AvgIpc) is 0. The fourth-order valence-electron chi connectivity index (χ4n) is 0. The molecule has 0 bridgehead atoms. The zero-order valence-corrected chi connectivity index (χ0v) is 12.5. The van der Waals surface area contributed by atoms with E-state index in [0.29, 0.717) is 0 Å². The standard InChI is InChI=1S/2Ni.9O.2Re/q2*+2;9*-2;;. The molecule has 13 heavy (non-hydrogen) atoms. The molecule has 0 aliphatic carbocycles. The van der Waals surface area contributed by atoms with Gasteiger partial charge < -0.3 is 49.3 Å². The second-order valence-electron chi connectivity index (χ2n) is 0. The van der Waals surface area contributed by atoms with E-state index in [2.05, 4.69) is 0 Å². The summed E-state index contributed by atoms with van der Waals surface area (Å²) in [4.78, 5) is 0. The van der Waals surface area contributed by atoms with Crippen LogP contribution in [0.3, 0.4) is 0 Å². The summed E-state index contributed by atoms with van der Waals surface area (Å²) in [5.41, 5.74) is 0. The van der Waals surface area contributed by atoms with E-state index in [-0.39, 0.29) is 123 Å². The van der Waals surface area contributed by atoms with Crippen molar-refractivity contribution in [3.8, 4) is 0 Å². The first kappa shape index (κ1) is 764. The monoisotopic (exact) mass is 634 g/mol. The zero-order valence-electron chi connectivity index (χ0n) is 5.06. The molecular weight excluding hydrogens is 634 g/mol. The van der Waals surface area contributed by atoms with E-state index in [9.17, 15) is 0 Å². The Balaban J connectivity index is 0. The molecule has 0 spiro atoms. The molecule has 0 fully saturated rings. The Kier molecular flexibility index (Phi) is 36100. The molecule has 0 saturated carbocycles. The second-order valence-corrected chi connectivity index (χ2v) is 0. The van der Waals surface area contributed by atoms with Crippen molar-refractivity contribution in [2.45, 2.75) is 0 Å². The molecule has 0 unspecified atom stereocenters. The molecule has 0 rings (SSSR count). The van der Waals surface area contributed by atoms with Crippen molar-refractivity contribution in [1.82, 2.24) is 0 Å². The van der Waals surface area contributed by atoms with Gasteiger partial charge in [0.15, 0.2) is 0 Å². The van der Waals surface area contributed by atoms with Gasteiger partial charge in [-0.2, -0.15) is 0 Å². The molecule has 13 heteroatoms. The first-order chi connectivity index (χ1) is 0. The maximum Gasteiger partial charge on any atom is 2.00 e. The molecular formula is Ni2O9Re2-14. The van der Waals surface area contributed by atoms with Gasteiger partial charge in [-0.1, -0.05) is 0 Å². The molecule has 0 aromatic heterocycles. The molecule has 102 valence electrons. The Hall–Kier alpha value is 1.95. The minimum atomic E-state index is 0. The predicted molar refractivity (Wildman–Crippen MR) is 6.18 cm³/mol. The van der Waals surface area contributed by atoms with Crippen LogP contribution >= 0.6 is 0 Å². The van der Waals surface area contributed by atoms with Gasteiger partial charge >= 0.3 is 33.0 Å². The van der Waals surface area contributed by atoms with E-state index in [1.807, 2.05) is 0 Å². The Morgan fingerprint density at radius 2 is 0.231 bits per heavy atom. The smallest absolute Gasteiger partial charge is 2.00 e. The summed E-state index contributed by atoms with van der Waals surface area (Å²) in [5, 5.41) is 0. The fourth-order valence-corrected chi connectivity index (χ4v) is 0. The second kappa shape index (κ2) is 614. The molecule has 0 aliphatic rings. The third kappa shape index (κ3) is 523. The number of hydrogen-bond acceptors (Lipinski definition) is 0. The van der Waals surface area contributed by atoms with E-state index in [0.717, 1.165) is 0 Å². The van der Waals surface area contributed by atoms with Gasteiger partial charge in [-0.05, 0) is 0 Å². The molecule has 0 heterocycles. The number of hydrogen-bond donors (Lipinski definition) is 0. The molecule has 0 saturated heterocycles. The summed E-state index contributed by atoms with van der Waals surface area (Å²) >= 11 is 0. The van der Waals surface area contributed by atoms with Gasteiger partial charge in [0.2, 0.25) is 0 Å². The van der Waals surface area contributed by atoms with Crippen molar-refractivity contribution in [3.63, 3.8) is 0 Å². The molecule has 0 N–H and O–H groups in total. The van der Waals surface area contributed by atoms with Gasteiger partial charge in [-0.3, -0.25) is 0 Å². The molecule has 0 aromatic rings. The first-order valence-corrected chi connectivity index (χ1v) is 0.